The summed E-state index contributed by atoms with van der Waals surface area (Å²) in [6, 6.07) is 40.2. The molecular weight excluding hydrogens is 832 g/mol. The van der Waals surface area contributed by atoms with Crippen LogP contribution in [0.1, 0.15) is 200 Å². The summed E-state index contributed by atoms with van der Waals surface area (Å²) in [5, 5.41) is 0. The molecule has 0 spiro atoms. The summed E-state index contributed by atoms with van der Waals surface area (Å²) >= 11 is 0. The molecule has 2 aliphatic heterocycles. The van der Waals surface area contributed by atoms with Crippen LogP contribution in [-0.4, -0.2) is 6.71 Å². The number of hydrogen-bond donors (Lipinski definition) is 0. The van der Waals surface area contributed by atoms with E-state index in [-0.39, 0.29) is 50.0 Å². The molecule has 6 aliphatic rings. The quantitative estimate of drug-likeness (QED) is 0.160. The molecule has 2 heterocycles. The molecular formula is C66H77BN2. The second kappa shape index (κ2) is 13.7. The van der Waals surface area contributed by atoms with E-state index in [1.54, 1.807) is 0 Å². The molecule has 0 saturated carbocycles. The first-order valence-corrected chi connectivity index (χ1v) is 26.6. The highest BCUT2D eigenvalue weighted by Gasteiger charge is 2.51. The highest BCUT2D eigenvalue weighted by molar-refractivity contribution is 7.00. The lowest BCUT2D eigenvalue weighted by atomic mass is 9.32. The minimum atomic E-state index is -0.121. The standard InChI is InChI=1S/C66H77BN2/c1-59(2,3)39-30-56-58-57(31-39)69(41-23-25-45-47(33-41)61(6,7)27-26-60(45,4)5)54-36-50-48(62(8,9)28-29-63(50,10)11)34-52(54)67(58)53-35-49-51(65(14,15)38-64(49,12)13)37-55(53)68(56)40-22-24-43-42-20-18-19-21-44(42)66(16,17)46(43)32-40/h18-25,30-37H,26-29,38H2,1-17H3. The maximum atomic E-state index is 2.75. The number of fused-ring (bicyclic) bond motifs is 10. The molecule has 354 valence electrons. The summed E-state index contributed by atoms with van der Waals surface area (Å²) < 4.78 is 0. The lowest BCUT2D eigenvalue weighted by Crippen LogP contribution is -2.62. The topological polar surface area (TPSA) is 6.48 Å². The van der Waals surface area contributed by atoms with Crippen molar-refractivity contribution >= 4 is 57.2 Å². The fraction of sp³-hybridized carbons (Fsp3) is 0.455. The Morgan fingerprint density at radius 1 is 0.391 bits per heavy atom. The Bertz CT molecular complexity index is 3230. The Kier molecular flexibility index (Phi) is 8.95. The van der Waals surface area contributed by atoms with Gasteiger partial charge in [0, 0.05) is 39.5 Å². The maximum absolute atomic E-state index is 2.75. The summed E-state index contributed by atoms with van der Waals surface area (Å²) in [7, 11) is 0. The highest BCUT2D eigenvalue weighted by Crippen LogP contribution is 2.57. The summed E-state index contributed by atoms with van der Waals surface area (Å²) in [4.78, 5) is 5.48. The SMILES string of the molecule is CC(C)(C)c1cc2c3c(c1)N(c1ccc4c(c1)C(C)(C)c1ccccc1-4)c1cc4c(cc1B3c1cc3c(cc1N2c1ccc2c(c1)C(C)(C)CCC2(C)C)C(C)(C)CCC3(C)C)C(C)(C)CC4(C)C. The Labute approximate surface area is 416 Å². The molecule has 6 aromatic rings. The first kappa shape index (κ1) is 45.1. The summed E-state index contributed by atoms with van der Waals surface area (Å²) in [5.74, 6) is 0. The highest BCUT2D eigenvalue weighted by atomic mass is 15.2. The lowest BCUT2D eigenvalue weighted by Gasteiger charge is -2.48. The van der Waals surface area contributed by atoms with Crippen molar-refractivity contribution in [2.45, 2.75) is 193 Å². The molecule has 3 heteroatoms. The molecule has 0 unspecified atom stereocenters. The number of rotatable bonds is 2. The summed E-state index contributed by atoms with van der Waals surface area (Å²) in [6.07, 6.45) is 5.90. The molecule has 0 bridgehead atoms. The van der Waals surface area contributed by atoms with Gasteiger partial charge < -0.3 is 9.80 Å². The summed E-state index contributed by atoms with van der Waals surface area (Å²) in [6.45, 7) is 42.1. The van der Waals surface area contributed by atoms with Gasteiger partial charge in [0.05, 0.1) is 0 Å². The van der Waals surface area contributed by atoms with Crippen molar-refractivity contribution in [1.29, 1.82) is 0 Å². The van der Waals surface area contributed by atoms with Gasteiger partial charge in [-0.15, -0.1) is 0 Å². The van der Waals surface area contributed by atoms with Crippen LogP contribution >= 0.6 is 0 Å². The zero-order valence-corrected chi connectivity index (χ0v) is 45.2. The molecule has 0 saturated heterocycles. The zero-order chi connectivity index (χ0) is 49.1. The number of benzene rings is 6. The molecule has 2 nitrogen and oxygen atoms in total. The van der Waals surface area contributed by atoms with E-state index in [0.29, 0.717) is 0 Å². The Balaban J connectivity index is 1.22. The second-order valence-corrected chi connectivity index (χ2v) is 28.3. The van der Waals surface area contributed by atoms with Crippen molar-refractivity contribution in [3.05, 3.63) is 147 Å². The third kappa shape index (κ3) is 6.23. The molecule has 6 aromatic carbocycles. The fourth-order valence-corrected chi connectivity index (χ4v) is 15.1. The van der Waals surface area contributed by atoms with Gasteiger partial charge in [0.1, 0.15) is 0 Å². The van der Waals surface area contributed by atoms with Crippen molar-refractivity contribution in [3.63, 3.8) is 0 Å². The van der Waals surface area contributed by atoms with E-state index in [0.717, 1.165) is 6.42 Å². The lowest BCUT2D eigenvalue weighted by molar-refractivity contribution is 0.332. The van der Waals surface area contributed by atoms with E-state index in [1.807, 2.05) is 0 Å². The minimum absolute atomic E-state index is 0.0462. The van der Waals surface area contributed by atoms with E-state index < -0.39 is 0 Å². The first-order chi connectivity index (χ1) is 32.0. The predicted octanol–water partition coefficient (Wildman–Crippen LogP) is 16.0. The van der Waals surface area contributed by atoms with Gasteiger partial charge in [0.15, 0.2) is 0 Å². The number of anilines is 6. The van der Waals surface area contributed by atoms with Crippen LogP contribution in [0.2, 0.25) is 0 Å². The van der Waals surface area contributed by atoms with E-state index in [1.165, 1.54) is 137 Å². The van der Waals surface area contributed by atoms with Gasteiger partial charge in [-0.2, -0.15) is 0 Å². The predicted molar refractivity (Wildman–Crippen MR) is 298 cm³/mol. The fourth-order valence-electron chi connectivity index (χ4n) is 15.1. The van der Waals surface area contributed by atoms with Gasteiger partial charge >= 0.3 is 0 Å². The van der Waals surface area contributed by atoms with Crippen LogP contribution in [0.3, 0.4) is 0 Å². The molecule has 0 atom stereocenters. The van der Waals surface area contributed by atoms with E-state index in [4.69, 9.17) is 0 Å². The van der Waals surface area contributed by atoms with Gasteiger partial charge in [0.25, 0.3) is 6.71 Å². The average molecular weight is 909 g/mol. The van der Waals surface area contributed by atoms with Crippen LogP contribution in [0.5, 0.6) is 0 Å². The number of nitrogens with zero attached hydrogens (tertiary/aromatic N) is 2. The van der Waals surface area contributed by atoms with E-state index >= 15 is 0 Å². The van der Waals surface area contributed by atoms with Crippen molar-refractivity contribution in [3.8, 4) is 11.1 Å². The second-order valence-electron chi connectivity index (χ2n) is 28.3. The minimum Gasteiger partial charge on any atom is -0.311 e. The Hall–Kier alpha value is -5.02. The molecule has 0 fully saturated rings. The molecule has 0 amide bonds. The molecule has 4 aliphatic carbocycles. The van der Waals surface area contributed by atoms with Gasteiger partial charge in [0.2, 0.25) is 0 Å². The molecule has 0 aromatic heterocycles. The van der Waals surface area contributed by atoms with E-state index in [2.05, 4.69) is 225 Å². The van der Waals surface area contributed by atoms with Crippen molar-refractivity contribution in [1.82, 2.24) is 0 Å². The van der Waals surface area contributed by atoms with Crippen molar-refractivity contribution in [2.24, 2.45) is 0 Å². The normalized spacial score (nSPS) is 21.6. The van der Waals surface area contributed by atoms with Crippen molar-refractivity contribution in [2.75, 3.05) is 9.80 Å². The maximum Gasteiger partial charge on any atom is 0.252 e. The third-order valence-electron chi connectivity index (χ3n) is 19.3. The van der Waals surface area contributed by atoms with Crippen LogP contribution in [0.25, 0.3) is 11.1 Å². The number of hydrogen-bond acceptors (Lipinski definition) is 2. The smallest absolute Gasteiger partial charge is 0.252 e. The van der Waals surface area contributed by atoms with Crippen LogP contribution in [0, 0.1) is 0 Å². The molecule has 0 N–H and O–H groups in total. The van der Waals surface area contributed by atoms with Crippen LogP contribution in [0.4, 0.5) is 34.1 Å². The largest absolute Gasteiger partial charge is 0.311 e. The van der Waals surface area contributed by atoms with E-state index in [9.17, 15) is 0 Å². The molecule has 69 heavy (non-hydrogen) atoms. The van der Waals surface area contributed by atoms with Crippen LogP contribution in [-0.2, 0) is 43.3 Å². The van der Waals surface area contributed by atoms with Gasteiger partial charge in [-0.3, -0.25) is 0 Å². The average Bonchev–Trinajstić information content (AvgIpc) is 3.61. The van der Waals surface area contributed by atoms with Gasteiger partial charge in [-0.25, -0.2) is 0 Å². The first-order valence-electron chi connectivity index (χ1n) is 26.6. The zero-order valence-electron chi connectivity index (χ0n) is 45.2. The Morgan fingerprint density at radius 3 is 1.35 bits per heavy atom. The third-order valence-corrected chi connectivity index (χ3v) is 19.3. The van der Waals surface area contributed by atoms with Crippen molar-refractivity contribution < 1.29 is 0 Å². The van der Waals surface area contributed by atoms with Crippen LogP contribution < -0.4 is 26.2 Å². The Morgan fingerprint density at radius 2 is 0.812 bits per heavy atom. The molecule has 0 radical (unpaired) electrons. The molecule has 12 rings (SSSR count). The van der Waals surface area contributed by atoms with Crippen LogP contribution in [0.15, 0.2) is 97.1 Å². The summed E-state index contributed by atoms with van der Waals surface area (Å²) in [5.41, 5.74) is 28.5. The van der Waals surface area contributed by atoms with Gasteiger partial charge in [-0.05, 0) is 196 Å². The van der Waals surface area contributed by atoms with Gasteiger partial charge in [-0.1, -0.05) is 166 Å². The monoisotopic (exact) mass is 909 g/mol.